The second-order valence-corrected chi connectivity index (χ2v) is 6.04. The van der Waals surface area contributed by atoms with Crippen LogP contribution in [0.1, 0.15) is 12.1 Å². The predicted octanol–water partition coefficient (Wildman–Crippen LogP) is 2.70. The van der Waals surface area contributed by atoms with Gasteiger partial charge in [-0.3, -0.25) is 4.68 Å². The molecule has 2 heterocycles. The topological polar surface area (TPSA) is 30.3 Å². The molecule has 1 aliphatic rings. The van der Waals surface area contributed by atoms with Crippen LogP contribution in [0.2, 0.25) is 5.02 Å². The molecule has 5 heteroatoms. The number of hydrogen-bond donors (Lipinski definition) is 0. The van der Waals surface area contributed by atoms with Crippen molar-refractivity contribution in [3.63, 3.8) is 0 Å². The zero-order chi connectivity index (χ0) is 14.1. The lowest BCUT2D eigenvalue weighted by molar-refractivity contribution is 0.172. The molecule has 0 unspecified atom stereocenters. The maximum atomic E-state index is 6.34. The molecule has 0 bridgehead atoms. The standard InChI is InChI=1S/C15H20ClN3O/c1-18(8-11-6-7-20-10-11)9-13-15-12(16)4-3-5-14(15)19(2)17-13/h3-5,11H,6-10H2,1-2H3/t11-/m1/s1. The van der Waals surface area contributed by atoms with Crippen molar-refractivity contribution in [1.82, 2.24) is 14.7 Å². The third kappa shape index (κ3) is 2.68. The predicted molar refractivity (Wildman–Crippen MR) is 81.0 cm³/mol. The van der Waals surface area contributed by atoms with Crippen LogP contribution in [0.25, 0.3) is 10.9 Å². The number of ether oxygens (including phenoxy) is 1. The van der Waals surface area contributed by atoms with Crippen LogP contribution in [-0.4, -0.2) is 41.5 Å². The lowest BCUT2D eigenvalue weighted by atomic mass is 10.1. The molecule has 1 fully saturated rings. The molecule has 1 aliphatic heterocycles. The summed E-state index contributed by atoms with van der Waals surface area (Å²) in [5.74, 6) is 0.644. The van der Waals surface area contributed by atoms with Gasteiger partial charge in [0, 0.05) is 32.1 Å². The number of rotatable bonds is 4. The van der Waals surface area contributed by atoms with E-state index < -0.39 is 0 Å². The van der Waals surface area contributed by atoms with Gasteiger partial charge in [-0.25, -0.2) is 0 Å². The first-order valence-corrected chi connectivity index (χ1v) is 7.39. The number of fused-ring (bicyclic) bond motifs is 1. The minimum absolute atomic E-state index is 0.644. The zero-order valence-corrected chi connectivity index (χ0v) is 12.7. The van der Waals surface area contributed by atoms with E-state index >= 15 is 0 Å². The largest absolute Gasteiger partial charge is 0.381 e. The Labute approximate surface area is 124 Å². The summed E-state index contributed by atoms with van der Waals surface area (Å²) < 4.78 is 7.34. The number of aryl methyl sites for hydroxylation is 1. The van der Waals surface area contributed by atoms with Crippen molar-refractivity contribution < 1.29 is 4.74 Å². The van der Waals surface area contributed by atoms with Crippen molar-refractivity contribution in [1.29, 1.82) is 0 Å². The summed E-state index contributed by atoms with van der Waals surface area (Å²) >= 11 is 6.34. The normalized spacial score (nSPS) is 19.3. The van der Waals surface area contributed by atoms with Gasteiger partial charge in [0.1, 0.15) is 0 Å². The Balaban J connectivity index is 1.79. The van der Waals surface area contributed by atoms with Gasteiger partial charge in [0.2, 0.25) is 0 Å². The summed E-state index contributed by atoms with van der Waals surface area (Å²) in [6.07, 6.45) is 1.16. The van der Waals surface area contributed by atoms with Gasteiger partial charge in [-0.2, -0.15) is 5.10 Å². The first kappa shape index (κ1) is 13.9. The van der Waals surface area contributed by atoms with Crippen LogP contribution in [0.5, 0.6) is 0 Å². The van der Waals surface area contributed by atoms with E-state index in [0.29, 0.717) is 5.92 Å². The van der Waals surface area contributed by atoms with Crippen LogP contribution in [0.4, 0.5) is 0 Å². The summed E-state index contributed by atoms with van der Waals surface area (Å²) in [6.45, 7) is 3.64. The molecule has 1 saturated heterocycles. The molecular formula is C15H20ClN3O. The molecule has 0 radical (unpaired) electrons. The maximum absolute atomic E-state index is 6.34. The highest BCUT2D eigenvalue weighted by Gasteiger charge is 2.19. The third-order valence-electron chi connectivity index (χ3n) is 3.91. The highest BCUT2D eigenvalue weighted by molar-refractivity contribution is 6.35. The van der Waals surface area contributed by atoms with Gasteiger partial charge in [-0.05, 0) is 31.5 Å². The maximum Gasteiger partial charge on any atom is 0.0858 e. The van der Waals surface area contributed by atoms with E-state index in [2.05, 4.69) is 23.1 Å². The second kappa shape index (κ2) is 5.72. The van der Waals surface area contributed by atoms with Gasteiger partial charge < -0.3 is 9.64 Å². The lowest BCUT2D eigenvalue weighted by Gasteiger charge is -2.19. The average Bonchev–Trinajstić information content (AvgIpc) is 3.00. The molecule has 108 valence electrons. The number of aromatic nitrogens is 2. The van der Waals surface area contributed by atoms with E-state index in [-0.39, 0.29) is 0 Å². The fraction of sp³-hybridized carbons (Fsp3) is 0.533. The van der Waals surface area contributed by atoms with E-state index in [1.807, 2.05) is 23.9 Å². The van der Waals surface area contributed by atoms with E-state index in [4.69, 9.17) is 16.3 Å². The highest BCUT2D eigenvalue weighted by atomic mass is 35.5. The average molecular weight is 294 g/mol. The molecule has 0 amide bonds. The number of benzene rings is 1. The van der Waals surface area contributed by atoms with Crippen molar-refractivity contribution >= 4 is 22.5 Å². The Morgan fingerprint density at radius 2 is 2.35 bits per heavy atom. The quantitative estimate of drug-likeness (QED) is 0.868. The molecule has 2 aromatic rings. The van der Waals surface area contributed by atoms with Gasteiger partial charge in [-0.1, -0.05) is 17.7 Å². The monoisotopic (exact) mass is 293 g/mol. The minimum Gasteiger partial charge on any atom is -0.381 e. The molecule has 0 N–H and O–H groups in total. The van der Waals surface area contributed by atoms with Crippen LogP contribution in [0.15, 0.2) is 18.2 Å². The van der Waals surface area contributed by atoms with Crippen LogP contribution < -0.4 is 0 Å². The fourth-order valence-corrected chi connectivity index (χ4v) is 3.23. The van der Waals surface area contributed by atoms with Crippen molar-refractivity contribution in [2.24, 2.45) is 13.0 Å². The molecule has 1 aromatic carbocycles. The van der Waals surface area contributed by atoms with E-state index in [1.54, 1.807) is 0 Å². The number of halogens is 1. The molecule has 4 nitrogen and oxygen atoms in total. The van der Waals surface area contributed by atoms with Gasteiger partial charge >= 0.3 is 0 Å². The molecule has 3 rings (SSSR count). The highest BCUT2D eigenvalue weighted by Crippen LogP contribution is 2.27. The summed E-state index contributed by atoms with van der Waals surface area (Å²) in [6, 6.07) is 5.96. The summed E-state index contributed by atoms with van der Waals surface area (Å²) in [4.78, 5) is 2.31. The number of hydrogen-bond acceptors (Lipinski definition) is 3. The summed E-state index contributed by atoms with van der Waals surface area (Å²) in [5.41, 5.74) is 2.14. The van der Waals surface area contributed by atoms with Crippen molar-refractivity contribution in [2.75, 3.05) is 26.8 Å². The molecular weight excluding hydrogens is 274 g/mol. The van der Waals surface area contributed by atoms with Crippen LogP contribution in [0.3, 0.4) is 0 Å². The summed E-state index contributed by atoms with van der Waals surface area (Å²) in [7, 11) is 4.10. The Morgan fingerprint density at radius 3 is 3.10 bits per heavy atom. The Bertz CT molecular complexity index is 604. The molecule has 20 heavy (non-hydrogen) atoms. The van der Waals surface area contributed by atoms with Gasteiger partial charge in [0.05, 0.1) is 22.8 Å². The Morgan fingerprint density at radius 1 is 1.50 bits per heavy atom. The molecule has 1 aromatic heterocycles. The second-order valence-electron chi connectivity index (χ2n) is 5.63. The molecule has 0 aliphatic carbocycles. The Hall–Kier alpha value is -1.10. The van der Waals surface area contributed by atoms with Gasteiger partial charge in [0.25, 0.3) is 0 Å². The van der Waals surface area contributed by atoms with E-state index in [9.17, 15) is 0 Å². The minimum atomic E-state index is 0.644. The molecule has 1 atom stereocenters. The van der Waals surface area contributed by atoms with Crippen LogP contribution in [0, 0.1) is 5.92 Å². The van der Waals surface area contributed by atoms with Crippen LogP contribution in [-0.2, 0) is 18.3 Å². The zero-order valence-electron chi connectivity index (χ0n) is 12.0. The van der Waals surface area contributed by atoms with Crippen LogP contribution >= 0.6 is 11.6 Å². The first-order chi connectivity index (χ1) is 9.65. The van der Waals surface area contributed by atoms with Gasteiger partial charge in [0.15, 0.2) is 0 Å². The van der Waals surface area contributed by atoms with Crippen molar-refractivity contribution in [3.05, 3.63) is 28.9 Å². The van der Waals surface area contributed by atoms with E-state index in [1.165, 1.54) is 0 Å². The third-order valence-corrected chi connectivity index (χ3v) is 4.23. The molecule has 0 saturated carbocycles. The Kier molecular flexibility index (Phi) is 3.96. The summed E-state index contributed by atoms with van der Waals surface area (Å²) in [5, 5.41) is 6.48. The first-order valence-electron chi connectivity index (χ1n) is 7.01. The lowest BCUT2D eigenvalue weighted by Crippen LogP contribution is -2.25. The fourth-order valence-electron chi connectivity index (χ4n) is 2.95. The van der Waals surface area contributed by atoms with Crippen molar-refractivity contribution in [2.45, 2.75) is 13.0 Å². The smallest absolute Gasteiger partial charge is 0.0858 e. The SMILES string of the molecule is CN(Cc1nn(C)c2cccc(Cl)c12)C[C@H]1CCOC1. The molecule has 0 spiro atoms. The van der Waals surface area contributed by atoms with Gasteiger partial charge in [-0.15, -0.1) is 0 Å². The number of nitrogens with zero attached hydrogens (tertiary/aromatic N) is 3. The van der Waals surface area contributed by atoms with E-state index in [0.717, 1.165) is 54.3 Å². The van der Waals surface area contributed by atoms with Crippen molar-refractivity contribution in [3.8, 4) is 0 Å².